The Hall–Kier alpha value is -1.06. The van der Waals surface area contributed by atoms with Gasteiger partial charge < -0.3 is 15.0 Å². The third kappa shape index (κ3) is 3.71. The maximum absolute atomic E-state index is 5.49. The van der Waals surface area contributed by atoms with Crippen molar-refractivity contribution in [1.29, 1.82) is 0 Å². The van der Waals surface area contributed by atoms with Crippen LogP contribution in [0, 0.1) is 5.92 Å². The standard InChI is InChI=1S/C16H26N2O/c1-4-17-16(13-8-10-19-11-9-13)14-6-5-7-15(12-14)18(2)3/h5-7,12-13,16-17H,4,8-11H2,1-3H3. The minimum Gasteiger partial charge on any atom is -0.381 e. The molecule has 3 heteroatoms. The molecule has 1 heterocycles. The molecule has 3 nitrogen and oxygen atoms in total. The second kappa shape index (κ2) is 6.92. The third-order valence-corrected chi connectivity index (χ3v) is 3.91. The van der Waals surface area contributed by atoms with E-state index in [1.54, 1.807) is 0 Å². The molecule has 1 saturated heterocycles. The Balaban J connectivity index is 2.19. The van der Waals surface area contributed by atoms with Gasteiger partial charge in [0, 0.05) is 39.0 Å². The molecule has 19 heavy (non-hydrogen) atoms. The van der Waals surface area contributed by atoms with Crippen LogP contribution in [-0.2, 0) is 4.74 Å². The molecule has 1 aliphatic heterocycles. The van der Waals surface area contributed by atoms with E-state index in [-0.39, 0.29) is 0 Å². The van der Waals surface area contributed by atoms with Crippen LogP contribution in [0.2, 0.25) is 0 Å². The zero-order valence-electron chi connectivity index (χ0n) is 12.4. The summed E-state index contributed by atoms with van der Waals surface area (Å²) in [5.41, 5.74) is 2.67. The molecule has 1 fully saturated rings. The Bertz CT molecular complexity index is 386. The van der Waals surface area contributed by atoms with Gasteiger partial charge in [-0.15, -0.1) is 0 Å². The fourth-order valence-corrected chi connectivity index (χ4v) is 2.82. The van der Waals surface area contributed by atoms with Crippen LogP contribution in [0.25, 0.3) is 0 Å². The Kier molecular flexibility index (Phi) is 5.23. The quantitative estimate of drug-likeness (QED) is 0.883. The first kappa shape index (κ1) is 14.4. The molecule has 2 rings (SSSR count). The number of rotatable bonds is 5. The van der Waals surface area contributed by atoms with Crippen molar-refractivity contribution >= 4 is 5.69 Å². The zero-order chi connectivity index (χ0) is 13.7. The molecule has 0 aliphatic carbocycles. The lowest BCUT2D eigenvalue weighted by molar-refractivity contribution is 0.0538. The van der Waals surface area contributed by atoms with E-state index in [1.807, 2.05) is 0 Å². The molecule has 1 atom stereocenters. The number of hydrogen-bond acceptors (Lipinski definition) is 3. The lowest BCUT2D eigenvalue weighted by atomic mass is 9.87. The van der Waals surface area contributed by atoms with Crippen LogP contribution in [0.15, 0.2) is 24.3 Å². The second-order valence-electron chi connectivity index (χ2n) is 5.47. The minimum absolute atomic E-state index is 0.453. The second-order valence-corrected chi connectivity index (χ2v) is 5.47. The number of nitrogens with one attached hydrogen (secondary N) is 1. The number of nitrogens with zero attached hydrogens (tertiary/aromatic N) is 1. The number of hydrogen-bond donors (Lipinski definition) is 1. The summed E-state index contributed by atoms with van der Waals surface area (Å²) in [6, 6.07) is 9.33. The predicted octanol–water partition coefficient (Wildman–Crippen LogP) is 2.83. The SMILES string of the molecule is CCNC(c1cccc(N(C)C)c1)C1CCOCC1. The van der Waals surface area contributed by atoms with Gasteiger partial charge in [-0.05, 0) is 43.0 Å². The predicted molar refractivity (Wildman–Crippen MR) is 80.7 cm³/mol. The van der Waals surface area contributed by atoms with Gasteiger partial charge in [-0.1, -0.05) is 19.1 Å². The summed E-state index contributed by atoms with van der Waals surface area (Å²) >= 11 is 0. The highest BCUT2D eigenvalue weighted by molar-refractivity contribution is 5.48. The average molecular weight is 262 g/mol. The van der Waals surface area contributed by atoms with Gasteiger partial charge in [0.05, 0.1) is 0 Å². The van der Waals surface area contributed by atoms with Crippen molar-refractivity contribution in [1.82, 2.24) is 5.32 Å². The lowest BCUT2D eigenvalue weighted by Crippen LogP contribution is -2.32. The maximum Gasteiger partial charge on any atom is 0.0469 e. The van der Waals surface area contributed by atoms with E-state index < -0.39 is 0 Å². The maximum atomic E-state index is 5.49. The van der Waals surface area contributed by atoms with Gasteiger partial charge in [0.25, 0.3) is 0 Å². The van der Waals surface area contributed by atoms with Crippen LogP contribution in [0.1, 0.15) is 31.4 Å². The van der Waals surface area contributed by atoms with E-state index in [0.29, 0.717) is 12.0 Å². The molecule has 1 unspecified atom stereocenters. The molecular weight excluding hydrogens is 236 g/mol. The van der Waals surface area contributed by atoms with Crippen LogP contribution in [0.4, 0.5) is 5.69 Å². The van der Waals surface area contributed by atoms with Crippen LogP contribution in [0.3, 0.4) is 0 Å². The molecule has 0 spiro atoms. The summed E-state index contributed by atoms with van der Waals surface area (Å²) in [7, 11) is 4.19. The molecule has 1 N–H and O–H groups in total. The molecule has 0 aromatic heterocycles. The third-order valence-electron chi connectivity index (χ3n) is 3.91. The summed E-state index contributed by atoms with van der Waals surface area (Å²) in [4.78, 5) is 2.16. The first-order valence-corrected chi connectivity index (χ1v) is 7.30. The molecule has 106 valence electrons. The molecule has 1 aromatic rings. The molecule has 0 amide bonds. The Morgan fingerprint density at radius 1 is 1.32 bits per heavy atom. The molecule has 0 saturated carbocycles. The van der Waals surface area contributed by atoms with Crippen molar-refractivity contribution in [2.75, 3.05) is 38.8 Å². The highest BCUT2D eigenvalue weighted by atomic mass is 16.5. The van der Waals surface area contributed by atoms with E-state index in [1.165, 1.54) is 11.3 Å². The summed E-state index contributed by atoms with van der Waals surface area (Å²) in [5, 5.41) is 3.66. The molecule has 0 radical (unpaired) electrons. The normalized spacial score (nSPS) is 18.3. The molecule has 0 bridgehead atoms. The van der Waals surface area contributed by atoms with Crippen molar-refractivity contribution < 1.29 is 4.74 Å². The number of anilines is 1. The lowest BCUT2D eigenvalue weighted by Gasteiger charge is -2.31. The Morgan fingerprint density at radius 2 is 2.05 bits per heavy atom. The summed E-state index contributed by atoms with van der Waals surface area (Å²) in [6.45, 7) is 5.00. The zero-order valence-corrected chi connectivity index (χ0v) is 12.4. The summed E-state index contributed by atoms with van der Waals surface area (Å²) < 4.78 is 5.49. The average Bonchev–Trinajstić information content (AvgIpc) is 2.46. The van der Waals surface area contributed by atoms with Gasteiger partial charge in [0.1, 0.15) is 0 Å². The van der Waals surface area contributed by atoms with Crippen LogP contribution in [0.5, 0.6) is 0 Å². The fourth-order valence-electron chi connectivity index (χ4n) is 2.82. The molecule has 1 aliphatic rings. The van der Waals surface area contributed by atoms with Crippen LogP contribution >= 0.6 is 0 Å². The monoisotopic (exact) mass is 262 g/mol. The van der Waals surface area contributed by atoms with Gasteiger partial charge in [-0.2, -0.15) is 0 Å². The van der Waals surface area contributed by atoms with E-state index in [2.05, 4.69) is 55.5 Å². The highest BCUT2D eigenvalue weighted by Gasteiger charge is 2.24. The van der Waals surface area contributed by atoms with Gasteiger partial charge in [0.15, 0.2) is 0 Å². The fraction of sp³-hybridized carbons (Fsp3) is 0.625. The minimum atomic E-state index is 0.453. The largest absolute Gasteiger partial charge is 0.381 e. The van der Waals surface area contributed by atoms with Gasteiger partial charge >= 0.3 is 0 Å². The smallest absolute Gasteiger partial charge is 0.0469 e. The van der Waals surface area contributed by atoms with Gasteiger partial charge in [-0.3, -0.25) is 0 Å². The van der Waals surface area contributed by atoms with E-state index >= 15 is 0 Å². The molecular formula is C16H26N2O. The topological polar surface area (TPSA) is 24.5 Å². The van der Waals surface area contributed by atoms with E-state index in [4.69, 9.17) is 4.74 Å². The van der Waals surface area contributed by atoms with Crippen molar-refractivity contribution in [2.45, 2.75) is 25.8 Å². The van der Waals surface area contributed by atoms with E-state index in [0.717, 1.165) is 32.6 Å². The van der Waals surface area contributed by atoms with Crippen LogP contribution < -0.4 is 10.2 Å². The van der Waals surface area contributed by atoms with Crippen molar-refractivity contribution in [3.63, 3.8) is 0 Å². The number of benzene rings is 1. The number of ether oxygens (including phenoxy) is 1. The molecule has 1 aromatic carbocycles. The van der Waals surface area contributed by atoms with Crippen molar-refractivity contribution in [3.8, 4) is 0 Å². The van der Waals surface area contributed by atoms with Gasteiger partial charge in [0.2, 0.25) is 0 Å². The Morgan fingerprint density at radius 3 is 2.68 bits per heavy atom. The van der Waals surface area contributed by atoms with Crippen molar-refractivity contribution in [3.05, 3.63) is 29.8 Å². The van der Waals surface area contributed by atoms with Crippen LogP contribution in [-0.4, -0.2) is 33.9 Å². The first-order chi connectivity index (χ1) is 9.22. The first-order valence-electron chi connectivity index (χ1n) is 7.30. The van der Waals surface area contributed by atoms with E-state index in [9.17, 15) is 0 Å². The summed E-state index contributed by atoms with van der Waals surface area (Å²) in [5.74, 6) is 0.686. The van der Waals surface area contributed by atoms with Gasteiger partial charge in [-0.25, -0.2) is 0 Å². The van der Waals surface area contributed by atoms with Crippen molar-refractivity contribution in [2.24, 2.45) is 5.92 Å². The highest BCUT2D eigenvalue weighted by Crippen LogP contribution is 2.31. The Labute approximate surface area is 116 Å². The summed E-state index contributed by atoms with van der Waals surface area (Å²) in [6.07, 6.45) is 2.31.